The molecule has 2 amide bonds. The van der Waals surface area contributed by atoms with Crippen LogP contribution in [0.15, 0.2) is 48.7 Å². The molecule has 2 atom stereocenters. The first-order chi connectivity index (χ1) is 16.9. The van der Waals surface area contributed by atoms with E-state index in [-0.39, 0.29) is 21.3 Å². The number of nitrogens with one attached hydrogen (secondary N) is 2. The van der Waals surface area contributed by atoms with E-state index in [9.17, 15) is 27.2 Å². The van der Waals surface area contributed by atoms with Crippen LogP contribution in [0.5, 0.6) is 0 Å². The molecule has 2 N–H and O–H groups in total. The molecule has 0 radical (unpaired) electrons. The monoisotopic (exact) mass is 579 g/mol. The van der Waals surface area contributed by atoms with E-state index in [0.29, 0.717) is 11.6 Å². The zero-order valence-corrected chi connectivity index (χ0v) is 20.7. The van der Waals surface area contributed by atoms with Gasteiger partial charge in [-0.15, -0.1) is 23.2 Å². The third-order valence-corrected chi connectivity index (χ3v) is 7.08. The molecule has 0 spiro atoms. The molecule has 0 bridgehead atoms. The zero-order valence-electron chi connectivity index (χ0n) is 17.6. The minimum atomic E-state index is -2.83. The number of hydrogen-bond donors (Lipinski definition) is 2. The van der Waals surface area contributed by atoms with Crippen molar-refractivity contribution in [1.29, 1.82) is 0 Å². The SMILES string of the molecule is O=C(Nc1ncc(F)cc1F)c1cc(NC(=O)[C@H]2[C@H](c3ccc(Cl)c(C(F)F)c3)C2(Cl)Cl)ccc1Cl. The average Bonchev–Trinajstić information content (AvgIpc) is 3.39. The summed E-state index contributed by atoms with van der Waals surface area (Å²) in [6.45, 7) is 0. The molecule has 1 fully saturated rings. The number of carbonyl (C=O) groups is 2. The van der Waals surface area contributed by atoms with Gasteiger partial charge in [0.2, 0.25) is 5.91 Å². The van der Waals surface area contributed by atoms with E-state index < -0.39 is 57.4 Å². The lowest BCUT2D eigenvalue weighted by molar-refractivity contribution is -0.117. The molecule has 188 valence electrons. The number of halogens is 8. The molecule has 36 heavy (non-hydrogen) atoms. The van der Waals surface area contributed by atoms with Crippen LogP contribution in [0.1, 0.15) is 33.8 Å². The van der Waals surface area contributed by atoms with Gasteiger partial charge in [-0.3, -0.25) is 9.59 Å². The quantitative estimate of drug-likeness (QED) is 0.236. The molecule has 1 saturated carbocycles. The first-order valence-corrected chi connectivity index (χ1v) is 11.6. The van der Waals surface area contributed by atoms with Gasteiger partial charge in [0.05, 0.1) is 22.7 Å². The van der Waals surface area contributed by atoms with Crippen molar-refractivity contribution in [3.05, 3.63) is 87.0 Å². The first kappa shape index (κ1) is 26.5. The van der Waals surface area contributed by atoms with Crippen LogP contribution in [-0.4, -0.2) is 21.1 Å². The lowest BCUT2D eigenvalue weighted by Gasteiger charge is -2.10. The van der Waals surface area contributed by atoms with E-state index in [1.54, 1.807) is 0 Å². The predicted octanol–water partition coefficient (Wildman–Crippen LogP) is 7.38. The number of anilines is 2. The molecule has 0 aliphatic heterocycles. The Bertz CT molecular complexity index is 1370. The Hall–Kier alpha value is -2.59. The molecule has 1 heterocycles. The predicted molar refractivity (Wildman–Crippen MR) is 129 cm³/mol. The smallest absolute Gasteiger partial charge is 0.265 e. The summed E-state index contributed by atoms with van der Waals surface area (Å²) < 4.78 is 51.8. The van der Waals surface area contributed by atoms with Crippen molar-refractivity contribution in [2.45, 2.75) is 16.7 Å². The van der Waals surface area contributed by atoms with Gasteiger partial charge in [-0.2, -0.15) is 0 Å². The highest BCUT2D eigenvalue weighted by Crippen LogP contribution is 2.65. The highest BCUT2D eigenvalue weighted by molar-refractivity contribution is 6.53. The number of aromatic nitrogens is 1. The van der Waals surface area contributed by atoms with Crippen LogP contribution in [0.25, 0.3) is 0 Å². The van der Waals surface area contributed by atoms with Crippen LogP contribution in [0, 0.1) is 17.6 Å². The third-order valence-electron chi connectivity index (χ3n) is 5.47. The van der Waals surface area contributed by atoms with Crippen molar-refractivity contribution in [2.75, 3.05) is 10.6 Å². The molecule has 1 aromatic heterocycles. The topological polar surface area (TPSA) is 71.1 Å². The second-order valence-electron chi connectivity index (χ2n) is 7.83. The fourth-order valence-electron chi connectivity index (χ4n) is 3.67. The van der Waals surface area contributed by atoms with Crippen molar-refractivity contribution in [1.82, 2.24) is 4.98 Å². The summed E-state index contributed by atoms with van der Waals surface area (Å²) in [6, 6.07) is 8.35. The molecule has 1 aliphatic carbocycles. The fourth-order valence-corrected chi connectivity index (χ4v) is 4.90. The number of rotatable bonds is 6. The molecule has 1 aliphatic rings. The zero-order chi connectivity index (χ0) is 26.4. The minimum Gasteiger partial charge on any atom is -0.326 e. The van der Waals surface area contributed by atoms with Crippen LogP contribution >= 0.6 is 46.4 Å². The van der Waals surface area contributed by atoms with E-state index in [1.807, 2.05) is 0 Å². The lowest BCUT2D eigenvalue weighted by atomic mass is 10.1. The van der Waals surface area contributed by atoms with Crippen molar-refractivity contribution in [3.63, 3.8) is 0 Å². The van der Waals surface area contributed by atoms with E-state index in [4.69, 9.17) is 46.4 Å². The first-order valence-electron chi connectivity index (χ1n) is 10.1. The minimum absolute atomic E-state index is 0.0259. The van der Waals surface area contributed by atoms with Crippen LogP contribution < -0.4 is 10.6 Å². The van der Waals surface area contributed by atoms with Gasteiger partial charge in [0.25, 0.3) is 12.3 Å². The highest BCUT2D eigenvalue weighted by atomic mass is 35.5. The number of pyridine rings is 1. The molecule has 4 rings (SSSR count). The van der Waals surface area contributed by atoms with Gasteiger partial charge in [-0.05, 0) is 35.9 Å². The Labute approximate surface area is 221 Å². The normalized spacial score (nSPS) is 18.1. The summed E-state index contributed by atoms with van der Waals surface area (Å²) in [7, 11) is 0. The maximum absolute atomic E-state index is 13.8. The number of amides is 2. The summed E-state index contributed by atoms with van der Waals surface area (Å²) in [5.74, 6) is -5.85. The summed E-state index contributed by atoms with van der Waals surface area (Å²) in [6.07, 6.45) is -2.11. The lowest BCUT2D eigenvalue weighted by Crippen LogP contribution is -2.19. The fraction of sp³-hybridized carbons (Fsp3) is 0.174. The van der Waals surface area contributed by atoms with Gasteiger partial charge in [0, 0.05) is 28.3 Å². The van der Waals surface area contributed by atoms with Crippen LogP contribution in [0.2, 0.25) is 10.0 Å². The summed E-state index contributed by atoms with van der Waals surface area (Å²) >= 11 is 24.5. The number of benzene rings is 2. The number of nitrogens with zero attached hydrogens (tertiary/aromatic N) is 1. The maximum atomic E-state index is 13.8. The van der Waals surface area contributed by atoms with Gasteiger partial charge in [-0.25, -0.2) is 22.5 Å². The van der Waals surface area contributed by atoms with Crippen molar-refractivity contribution in [2.24, 2.45) is 5.92 Å². The summed E-state index contributed by atoms with van der Waals surface area (Å²) in [5, 5.41) is 4.56. The van der Waals surface area contributed by atoms with Crippen molar-refractivity contribution >= 4 is 69.7 Å². The van der Waals surface area contributed by atoms with Gasteiger partial charge >= 0.3 is 0 Å². The van der Waals surface area contributed by atoms with Crippen molar-refractivity contribution in [3.8, 4) is 0 Å². The van der Waals surface area contributed by atoms with Gasteiger partial charge < -0.3 is 10.6 Å². The second kappa shape index (κ2) is 10.0. The largest absolute Gasteiger partial charge is 0.326 e. The Morgan fingerprint density at radius 2 is 1.67 bits per heavy atom. The molecular formula is C23H13Cl4F4N3O2. The Kier molecular flexibility index (Phi) is 7.39. The highest BCUT2D eigenvalue weighted by Gasteiger charge is 2.67. The van der Waals surface area contributed by atoms with Crippen LogP contribution in [0.3, 0.4) is 0 Å². The van der Waals surface area contributed by atoms with Gasteiger partial charge in [-0.1, -0.05) is 29.3 Å². The molecule has 5 nitrogen and oxygen atoms in total. The number of carbonyl (C=O) groups excluding carboxylic acids is 2. The van der Waals surface area contributed by atoms with E-state index in [0.717, 1.165) is 12.3 Å². The molecule has 13 heteroatoms. The molecule has 2 aromatic carbocycles. The molecule has 3 aromatic rings. The maximum Gasteiger partial charge on any atom is 0.265 e. The van der Waals surface area contributed by atoms with Gasteiger partial charge in [0.15, 0.2) is 11.6 Å². The van der Waals surface area contributed by atoms with Crippen molar-refractivity contribution < 1.29 is 27.2 Å². The standard InChI is InChI=1S/C23H13Cl4F4N3O2/c24-14-3-1-9(5-12(14)19(30)31)17-18(23(17,26)27)22(36)33-11-2-4-15(25)13(7-11)21(35)34-20-16(29)6-10(28)8-32-20/h1-8,17-19H,(H,33,36)(H,32,34,35)/t17-,18+/m0/s1. The van der Waals surface area contributed by atoms with E-state index >= 15 is 0 Å². The number of hydrogen-bond acceptors (Lipinski definition) is 3. The Morgan fingerprint density at radius 1 is 0.972 bits per heavy atom. The van der Waals surface area contributed by atoms with E-state index in [2.05, 4.69) is 15.6 Å². The van der Waals surface area contributed by atoms with Gasteiger partial charge in [0.1, 0.15) is 10.2 Å². The van der Waals surface area contributed by atoms with E-state index in [1.165, 1.54) is 30.3 Å². The van der Waals surface area contributed by atoms with Crippen LogP contribution in [-0.2, 0) is 4.79 Å². The third kappa shape index (κ3) is 5.25. The molecular weight excluding hydrogens is 568 g/mol. The second-order valence-corrected chi connectivity index (χ2v) is 10.1. The Morgan fingerprint density at radius 3 is 2.33 bits per heavy atom. The molecule has 0 unspecified atom stereocenters. The number of alkyl halides is 4. The summed E-state index contributed by atoms with van der Waals surface area (Å²) in [5.41, 5.74) is -0.120. The summed E-state index contributed by atoms with van der Waals surface area (Å²) in [4.78, 5) is 29.0. The average molecular weight is 581 g/mol. The van der Waals surface area contributed by atoms with Crippen LogP contribution in [0.4, 0.5) is 29.1 Å². The molecule has 0 saturated heterocycles. The Balaban J connectivity index is 1.52.